The number of hydrogen-bond donors (Lipinski definition) is 3. The van der Waals surface area contributed by atoms with E-state index in [0.717, 1.165) is 35.4 Å². The number of aromatic nitrogens is 1. The molecular formula is C24H27N3O3. The minimum Gasteiger partial charge on any atom is -0.397 e. The summed E-state index contributed by atoms with van der Waals surface area (Å²) in [5.41, 5.74) is 4.64. The molecule has 156 valence electrons. The SMILES string of the molecule is CC1=C(C(=O)Nc2cccnc2)C(c2ccccc2)C2=C(CCCC2=O)N1.CCO. The number of anilines is 1. The Labute approximate surface area is 176 Å². The molecule has 1 amide bonds. The van der Waals surface area contributed by atoms with Gasteiger partial charge in [-0.1, -0.05) is 30.3 Å². The van der Waals surface area contributed by atoms with Crippen molar-refractivity contribution in [1.82, 2.24) is 10.3 Å². The van der Waals surface area contributed by atoms with Gasteiger partial charge in [-0.15, -0.1) is 0 Å². The van der Waals surface area contributed by atoms with E-state index in [2.05, 4.69) is 15.6 Å². The molecular weight excluding hydrogens is 378 g/mol. The van der Waals surface area contributed by atoms with E-state index in [9.17, 15) is 9.59 Å². The Morgan fingerprint density at radius 3 is 2.60 bits per heavy atom. The molecule has 0 fully saturated rings. The number of rotatable bonds is 3. The molecule has 1 aliphatic carbocycles. The van der Waals surface area contributed by atoms with E-state index in [-0.39, 0.29) is 24.2 Å². The van der Waals surface area contributed by atoms with Crippen LogP contribution in [0, 0.1) is 0 Å². The van der Waals surface area contributed by atoms with Crippen molar-refractivity contribution in [3.8, 4) is 0 Å². The van der Waals surface area contributed by atoms with E-state index in [1.165, 1.54) is 0 Å². The van der Waals surface area contributed by atoms with Crippen LogP contribution in [0.2, 0.25) is 0 Å². The lowest BCUT2D eigenvalue weighted by molar-refractivity contribution is -0.116. The molecule has 1 aliphatic heterocycles. The summed E-state index contributed by atoms with van der Waals surface area (Å²) >= 11 is 0. The van der Waals surface area contributed by atoms with Gasteiger partial charge >= 0.3 is 0 Å². The Balaban J connectivity index is 0.000000806. The standard InChI is InChI=1S/C22H21N3O2.C2H6O/c1-14-19(22(27)25-16-9-6-12-23-13-16)20(15-7-3-2-4-8-15)21-17(24-14)10-5-11-18(21)26;1-2-3/h2-4,6-9,12-13,20,24H,5,10-11H2,1H3,(H,25,27);3H,2H2,1H3. The Morgan fingerprint density at radius 1 is 1.20 bits per heavy atom. The normalized spacial score (nSPS) is 18.1. The maximum atomic E-state index is 13.2. The van der Waals surface area contributed by atoms with Crippen LogP contribution in [0.1, 0.15) is 44.6 Å². The van der Waals surface area contributed by atoms with Gasteiger partial charge in [0, 0.05) is 47.7 Å². The molecule has 2 aromatic rings. The number of pyridine rings is 1. The molecule has 30 heavy (non-hydrogen) atoms. The van der Waals surface area contributed by atoms with Crippen LogP contribution < -0.4 is 10.6 Å². The number of carbonyl (C=O) groups is 2. The maximum Gasteiger partial charge on any atom is 0.254 e. The third-order valence-electron chi connectivity index (χ3n) is 5.07. The van der Waals surface area contributed by atoms with Crippen molar-refractivity contribution in [2.45, 2.75) is 39.0 Å². The number of benzene rings is 1. The van der Waals surface area contributed by atoms with Crippen LogP contribution in [-0.2, 0) is 9.59 Å². The van der Waals surface area contributed by atoms with E-state index in [1.807, 2.05) is 37.3 Å². The molecule has 4 rings (SSSR count). The first-order valence-electron chi connectivity index (χ1n) is 10.2. The number of dihydropyridines is 1. The number of allylic oxidation sites excluding steroid dienone is 3. The minimum absolute atomic E-state index is 0.122. The fourth-order valence-corrected chi connectivity index (χ4v) is 3.90. The topological polar surface area (TPSA) is 91.3 Å². The van der Waals surface area contributed by atoms with E-state index < -0.39 is 0 Å². The Bertz CT molecular complexity index is 966. The predicted molar refractivity (Wildman–Crippen MR) is 117 cm³/mol. The lowest BCUT2D eigenvalue weighted by Gasteiger charge is -2.34. The van der Waals surface area contributed by atoms with E-state index in [4.69, 9.17) is 5.11 Å². The lowest BCUT2D eigenvalue weighted by Crippen LogP contribution is -2.35. The van der Waals surface area contributed by atoms with E-state index in [1.54, 1.807) is 31.5 Å². The second kappa shape index (κ2) is 9.98. The highest BCUT2D eigenvalue weighted by molar-refractivity contribution is 6.09. The molecule has 6 nitrogen and oxygen atoms in total. The summed E-state index contributed by atoms with van der Waals surface area (Å²) in [6.07, 6.45) is 5.47. The van der Waals surface area contributed by atoms with Gasteiger partial charge in [0.25, 0.3) is 5.91 Å². The first-order chi connectivity index (χ1) is 14.6. The van der Waals surface area contributed by atoms with E-state index >= 15 is 0 Å². The smallest absolute Gasteiger partial charge is 0.254 e. The third-order valence-corrected chi connectivity index (χ3v) is 5.07. The molecule has 2 heterocycles. The number of aliphatic hydroxyl groups excluding tert-OH is 1. The molecule has 2 aliphatic rings. The van der Waals surface area contributed by atoms with Crippen molar-refractivity contribution in [1.29, 1.82) is 0 Å². The summed E-state index contributed by atoms with van der Waals surface area (Å²) in [6.45, 7) is 3.83. The molecule has 1 unspecified atom stereocenters. The predicted octanol–water partition coefficient (Wildman–Crippen LogP) is 3.69. The highest BCUT2D eigenvalue weighted by Crippen LogP contribution is 2.42. The largest absolute Gasteiger partial charge is 0.397 e. The van der Waals surface area contributed by atoms with Crippen molar-refractivity contribution in [3.63, 3.8) is 0 Å². The third kappa shape index (κ3) is 4.66. The van der Waals surface area contributed by atoms with Gasteiger partial charge in [-0.05, 0) is 44.4 Å². The number of carbonyl (C=O) groups excluding carboxylic acids is 2. The van der Waals surface area contributed by atoms with Crippen LogP contribution in [0.4, 0.5) is 5.69 Å². The van der Waals surface area contributed by atoms with Crippen LogP contribution in [-0.4, -0.2) is 28.4 Å². The quantitative estimate of drug-likeness (QED) is 0.724. The first kappa shape index (κ1) is 21.5. The van der Waals surface area contributed by atoms with Gasteiger partial charge in [0.1, 0.15) is 0 Å². The highest BCUT2D eigenvalue weighted by atomic mass is 16.2. The van der Waals surface area contributed by atoms with Crippen molar-refractivity contribution in [2.24, 2.45) is 0 Å². The first-order valence-corrected chi connectivity index (χ1v) is 10.2. The molecule has 0 spiro atoms. The van der Waals surface area contributed by atoms with Crippen molar-refractivity contribution in [2.75, 3.05) is 11.9 Å². The van der Waals surface area contributed by atoms with Gasteiger partial charge in [-0.3, -0.25) is 14.6 Å². The molecule has 3 N–H and O–H groups in total. The summed E-state index contributed by atoms with van der Waals surface area (Å²) in [7, 11) is 0. The van der Waals surface area contributed by atoms with Crippen molar-refractivity contribution >= 4 is 17.4 Å². The zero-order valence-corrected chi connectivity index (χ0v) is 17.3. The monoisotopic (exact) mass is 405 g/mol. The molecule has 0 saturated carbocycles. The zero-order valence-electron chi connectivity index (χ0n) is 17.3. The molecule has 1 aromatic heterocycles. The van der Waals surface area contributed by atoms with Crippen LogP contribution in [0.15, 0.2) is 77.4 Å². The van der Waals surface area contributed by atoms with Crippen LogP contribution in [0.25, 0.3) is 0 Å². The molecule has 0 saturated heterocycles. The minimum atomic E-state index is -0.355. The van der Waals surface area contributed by atoms with Crippen molar-refractivity contribution in [3.05, 3.63) is 83.0 Å². The molecule has 0 radical (unpaired) electrons. The summed E-state index contributed by atoms with van der Waals surface area (Å²) in [6, 6.07) is 13.4. The fraction of sp³-hybridized carbons (Fsp3) is 0.292. The average Bonchev–Trinajstić information content (AvgIpc) is 2.75. The number of amides is 1. The zero-order chi connectivity index (χ0) is 21.5. The van der Waals surface area contributed by atoms with Crippen LogP contribution >= 0.6 is 0 Å². The summed E-state index contributed by atoms with van der Waals surface area (Å²) in [4.78, 5) is 30.0. The van der Waals surface area contributed by atoms with Crippen LogP contribution in [0.3, 0.4) is 0 Å². The molecule has 1 aromatic carbocycles. The van der Waals surface area contributed by atoms with Gasteiger partial charge in [0.2, 0.25) is 0 Å². The second-order valence-corrected chi connectivity index (χ2v) is 7.19. The van der Waals surface area contributed by atoms with Gasteiger partial charge in [0.05, 0.1) is 11.9 Å². The average molecular weight is 405 g/mol. The molecule has 1 atom stereocenters. The van der Waals surface area contributed by atoms with Crippen LogP contribution in [0.5, 0.6) is 0 Å². The lowest BCUT2D eigenvalue weighted by atomic mass is 9.75. The summed E-state index contributed by atoms with van der Waals surface area (Å²) in [5.74, 6) is -0.449. The van der Waals surface area contributed by atoms with E-state index in [0.29, 0.717) is 17.7 Å². The maximum absolute atomic E-state index is 13.2. The van der Waals surface area contributed by atoms with Gasteiger partial charge in [0.15, 0.2) is 5.78 Å². The van der Waals surface area contributed by atoms with Gasteiger partial charge in [-0.2, -0.15) is 0 Å². The number of nitrogens with zero attached hydrogens (tertiary/aromatic N) is 1. The Morgan fingerprint density at radius 2 is 1.93 bits per heavy atom. The number of ketones is 1. The number of aliphatic hydroxyl groups is 1. The van der Waals surface area contributed by atoms with Gasteiger partial charge < -0.3 is 15.7 Å². The molecule has 6 heteroatoms. The fourth-order valence-electron chi connectivity index (χ4n) is 3.90. The Hall–Kier alpha value is -3.25. The number of Topliss-reactive ketones (excluding diaryl/α,β-unsaturated/α-hetero) is 1. The second-order valence-electron chi connectivity index (χ2n) is 7.19. The van der Waals surface area contributed by atoms with Crippen molar-refractivity contribution < 1.29 is 14.7 Å². The highest BCUT2D eigenvalue weighted by Gasteiger charge is 2.38. The Kier molecular flexibility index (Phi) is 7.14. The molecule has 0 bridgehead atoms. The summed E-state index contributed by atoms with van der Waals surface area (Å²) in [5, 5.41) is 13.8. The summed E-state index contributed by atoms with van der Waals surface area (Å²) < 4.78 is 0. The van der Waals surface area contributed by atoms with Gasteiger partial charge in [-0.25, -0.2) is 0 Å². The number of hydrogen-bond acceptors (Lipinski definition) is 5. The number of nitrogens with one attached hydrogen (secondary N) is 2.